The van der Waals surface area contributed by atoms with Crippen molar-refractivity contribution in [3.8, 4) is 5.75 Å². The number of halogens is 1. The van der Waals surface area contributed by atoms with Gasteiger partial charge in [0.05, 0.1) is 17.6 Å². The first-order valence-electron chi connectivity index (χ1n) is 6.37. The van der Waals surface area contributed by atoms with E-state index in [0.717, 1.165) is 18.2 Å². The van der Waals surface area contributed by atoms with E-state index in [-0.39, 0.29) is 24.8 Å². The molecule has 1 aromatic carbocycles. The number of benzene rings is 1. The normalized spacial score (nSPS) is 12.2. The smallest absolute Gasteiger partial charge is 0.320 e. The topological polar surface area (TPSA) is 102 Å². The third-order valence-corrected chi connectivity index (χ3v) is 2.61. The molecule has 0 amide bonds. The number of carboxylic acid groups (broad SMARTS) is 1. The maximum atomic E-state index is 13.0. The Morgan fingerprint density at radius 3 is 2.71 bits per heavy atom. The van der Waals surface area contributed by atoms with Gasteiger partial charge in [0.15, 0.2) is 5.75 Å². The molecular formula is C13H17FN2O5. The molecule has 8 heteroatoms. The molecule has 0 fully saturated rings. The van der Waals surface area contributed by atoms with Gasteiger partial charge in [-0.15, -0.1) is 0 Å². The van der Waals surface area contributed by atoms with E-state index in [4.69, 9.17) is 9.84 Å². The summed E-state index contributed by atoms with van der Waals surface area (Å²) in [7, 11) is 0. The van der Waals surface area contributed by atoms with Crippen LogP contribution in [0.5, 0.6) is 5.75 Å². The lowest BCUT2D eigenvalue weighted by Crippen LogP contribution is -2.41. The van der Waals surface area contributed by atoms with Crippen molar-refractivity contribution in [1.29, 1.82) is 0 Å². The van der Waals surface area contributed by atoms with E-state index in [1.165, 1.54) is 0 Å². The van der Waals surface area contributed by atoms with E-state index in [1.54, 1.807) is 0 Å². The zero-order valence-corrected chi connectivity index (χ0v) is 11.7. The molecule has 0 aromatic heterocycles. The van der Waals surface area contributed by atoms with Crippen LogP contribution in [0.15, 0.2) is 18.2 Å². The first kappa shape index (κ1) is 16.8. The Hall–Kier alpha value is -2.22. The Morgan fingerprint density at radius 1 is 1.52 bits per heavy atom. The summed E-state index contributed by atoms with van der Waals surface area (Å²) in [4.78, 5) is 21.0. The highest BCUT2D eigenvalue weighted by Crippen LogP contribution is 2.27. The number of nitrogens with zero attached hydrogens (tertiary/aromatic N) is 1. The largest absolute Gasteiger partial charge is 0.487 e. The number of nitrogens with one attached hydrogen (secondary N) is 1. The van der Waals surface area contributed by atoms with Gasteiger partial charge in [-0.25, -0.2) is 4.39 Å². The van der Waals surface area contributed by atoms with E-state index in [2.05, 4.69) is 5.32 Å². The van der Waals surface area contributed by atoms with Crippen LogP contribution >= 0.6 is 0 Å². The summed E-state index contributed by atoms with van der Waals surface area (Å²) in [5, 5.41) is 22.6. The second-order valence-electron chi connectivity index (χ2n) is 4.72. The maximum Gasteiger partial charge on any atom is 0.320 e. The predicted octanol–water partition coefficient (Wildman–Crippen LogP) is 1.95. The van der Waals surface area contributed by atoms with E-state index in [1.807, 2.05) is 13.8 Å². The van der Waals surface area contributed by atoms with Gasteiger partial charge in [0.25, 0.3) is 0 Å². The average Bonchev–Trinajstić information content (AvgIpc) is 2.38. The van der Waals surface area contributed by atoms with Gasteiger partial charge in [0, 0.05) is 12.5 Å². The summed E-state index contributed by atoms with van der Waals surface area (Å²) in [5.74, 6) is -1.85. The van der Waals surface area contributed by atoms with Gasteiger partial charge in [0.1, 0.15) is 11.9 Å². The number of hydrogen-bond donors (Lipinski definition) is 2. The second kappa shape index (κ2) is 7.53. The number of ether oxygens (including phenoxy) is 1. The molecule has 0 saturated heterocycles. The van der Waals surface area contributed by atoms with E-state index in [0.29, 0.717) is 0 Å². The number of aliphatic carboxylic acids is 1. The monoisotopic (exact) mass is 300 g/mol. The van der Waals surface area contributed by atoms with Gasteiger partial charge >= 0.3 is 11.7 Å². The molecule has 0 bridgehead atoms. The van der Waals surface area contributed by atoms with E-state index >= 15 is 0 Å². The molecule has 1 rings (SSSR count). The first-order chi connectivity index (χ1) is 9.81. The van der Waals surface area contributed by atoms with Gasteiger partial charge in [-0.2, -0.15) is 0 Å². The summed E-state index contributed by atoms with van der Waals surface area (Å²) in [6.07, 6.45) is 0.127. The van der Waals surface area contributed by atoms with Gasteiger partial charge in [-0.1, -0.05) is 13.8 Å². The van der Waals surface area contributed by atoms with Crippen molar-refractivity contribution in [1.82, 2.24) is 5.32 Å². The second-order valence-corrected chi connectivity index (χ2v) is 4.72. The van der Waals surface area contributed by atoms with Crippen molar-refractivity contribution in [3.63, 3.8) is 0 Å². The standard InChI is InChI=1S/C13H17FN2O5/c1-8(2)15-10(13(17)18)5-6-21-12-4-3-9(14)7-11(12)16(19)20/h3-4,7-8,10,15H,5-6H2,1-2H3,(H,17,18). The summed E-state index contributed by atoms with van der Waals surface area (Å²) in [6, 6.07) is 2.12. The van der Waals surface area contributed by atoms with Gasteiger partial charge < -0.3 is 15.2 Å². The van der Waals surface area contributed by atoms with Gasteiger partial charge in [0.2, 0.25) is 0 Å². The number of nitro benzene ring substituents is 1. The Labute approximate surface area is 120 Å². The molecule has 0 aliphatic heterocycles. The summed E-state index contributed by atoms with van der Waals surface area (Å²) < 4.78 is 18.2. The molecule has 116 valence electrons. The third kappa shape index (κ3) is 5.35. The minimum Gasteiger partial charge on any atom is -0.487 e. The molecule has 21 heavy (non-hydrogen) atoms. The fourth-order valence-corrected chi connectivity index (χ4v) is 1.72. The molecule has 1 unspecified atom stereocenters. The quantitative estimate of drug-likeness (QED) is 0.562. The van der Waals surface area contributed by atoms with Crippen molar-refractivity contribution < 1.29 is 24.0 Å². The van der Waals surface area contributed by atoms with Crippen LogP contribution in [0, 0.1) is 15.9 Å². The van der Waals surface area contributed by atoms with Gasteiger partial charge in [-0.05, 0) is 12.1 Å². The van der Waals surface area contributed by atoms with Crippen molar-refractivity contribution in [2.75, 3.05) is 6.61 Å². The zero-order valence-electron chi connectivity index (χ0n) is 11.7. The zero-order chi connectivity index (χ0) is 16.0. The minimum atomic E-state index is -1.03. The van der Waals surface area contributed by atoms with Crippen LogP contribution in [-0.4, -0.2) is 34.7 Å². The Balaban J connectivity index is 2.66. The summed E-state index contributed by atoms with van der Waals surface area (Å²) >= 11 is 0. The first-order valence-corrected chi connectivity index (χ1v) is 6.37. The van der Waals surface area contributed by atoms with Gasteiger partial charge in [-0.3, -0.25) is 14.9 Å². The molecule has 1 aromatic rings. The van der Waals surface area contributed by atoms with Crippen molar-refractivity contribution >= 4 is 11.7 Å². The van der Waals surface area contributed by atoms with Crippen LogP contribution in [0.25, 0.3) is 0 Å². The number of rotatable bonds is 8. The molecule has 2 N–H and O–H groups in total. The molecule has 0 aliphatic rings. The van der Waals surface area contributed by atoms with Crippen LogP contribution in [0.4, 0.5) is 10.1 Å². The number of carbonyl (C=O) groups is 1. The lowest BCUT2D eigenvalue weighted by Gasteiger charge is -2.17. The summed E-state index contributed by atoms with van der Waals surface area (Å²) in [6.45, 7) is 3.58. The minimum absolute atomic E-state index is 0.0220. The predicted molar refractivity (Wildman–Crippen MR) is 72.9 cm³/mol. The number of carboxylic acids is 1. The SMILES string of the molecule is CC(C)NC(CCOc1ccc(F)cc1[N+](=O)[O-])C(=O)O. The highest BCUT2D eigenvalue weighted by atomic mass is 19.1. The van der Waals surface area contributed by atoms with Crippen molar-refractivity contribution in [2.45, 2.75) is 32.4 Å². The van der Waals surface area contributed by atoms with Crippen LogP contribution in [0.2, 0.25) is 0 Å². The Bertz CT molecular complexity index is 521. The number of hydrogen-bond acceptors (Lipinski definition) is 5. The lowest BCUT2D eigenvalue weighted by atomic mass is 10.2. The van der Waals surface area contributed by atoms with Crippen LogP contribution < -0.4 is 10.1 Å². The molecular weight excluding hydrogens is 283 g/mol. The molecule has 0 radical (unpaired) electrons. The van der Waals surface area contributed by atoms with Crippen LogP contribution in [0.3, 0.4) is 0 Å². The lowest BCUT2D eigenvalue weighted by molar-refractivity contribution is -0.386. The number of nitro groups is 1. The van der Waals surface area contributed by atoms with Crippen LogP contribution in [0.1, 0.15) is 20.3 Å². The third-order valence-electron chi connectivity index (χ3n) is 2.61. The fraction of sp³-hybridized carbons (Fsp3) is 0.462. The fourth-order valence-electron chi connectivity index (χ4n) is 1.72. The van der Waals surface area contributed by atoms with E-state index < -0.39 is 28.4 Å². The molecule has 7 nitrogen and oxygen atoms in total. The molecule has 0 spiro atoms. The van der Waals surface area contributed by atoms with Crippen LogP contribution in [-0.2, 0) is 4.79 Å². The highest BCUT2D eigenvalue weighted by molar-refractivity contribution is 5.73. The summed E-state index contributed by atoms with van der Waals surface area (Å²) in [5.41, 5.74) is -0.487. The maximum absolute atomic E-state index is 13.0. The Morgan fingerprint density at radius 2 is 2.19 bits per heavy atom. The average molecular weight is 300 g/mol. The molecule has 0 aliphatic carbocycles. The molecule has 1 atom stereocenters. The van der Waals surface area contributed by atoms with Crippen molar-refractivity contribution in [2.24, 2.45) is 0 Å². The van der Waals surface area contributed by atoms with E-state index in [9.17, 15) is 19.3 Å². The molecule has 0 saturated carbocycles. The Kier molecular flexibility index (Phi) is 6.04. The van der Waals surface area contributed by atoms with Crippen molar-refractivity contribution in [3.05, 3.63) is 34.1 Å². The molecule has 0 heterocycles. The highest BCUT2D eigenvalue weighted by Gasteiger charge is 2.20.